The lowest BCUT2D eigenvalue weighted by Crippen LogP contribution is -2.24. The SMILES string of the molecule is COc1ccccc1OCC(=O)N/N=C\c1cc(C)n(-c2ccc3c(c2)OCO3)c1C. The van der Waals surface area contributed by atoms with Gasteiger partial charge in [-0.15, -0.1) is 0 Å². The summed E-state index contributed by atoms with van der Waals surface area (Å²) >= 11 is 0. The highest BCUT2D eigenvalue weighted by Gasteiger charge is 2.16. The van der Waals surface area contributed by atoms with Gasteiger partial charge in [0.1, 0.15) is 0 Å². The molecule has 1 aromatic heterocycles. The third-order valence-electron chi connectivity index (χ3n) is 4.91. The Morgan fingerprint density at radius 1 is 1.13 bits per heavy atom. The summed E-state index contributed by atoms with van der Waals surface area (Å²) in [5, 5.41) is 4.07. The van der Waals surface area contributed by atoms with E-state index >= 15 is 0 Å². The lowest BCUT2D eigenvalue weighted by molar-refractivity contribution is -0.123. The van der Waals surface area contributed by atoms with Crippen molar-refractivity contribution in [2.45, 2.75) is 13.8 Å². The first kappa shape index (κ1) is 20.3. The van der Waals surface area contributed by atoms with Crippen molar-refractivity contribution in [3.8, 4) is 28.7 Å². The highest BCUT2D eigenvalue weighted by Crippen LogP contribution is 2.34. The Bertz CT molecular complexity index is 1140. The molecule has 1 amide bonds. The summed E-state index contributed by atoms with van der Waals surface area (Å²) < 4.78 is 23.7. The Kier molecular flexibility index (Phi) is 5.79. The second-order valence-corrected chi connectivity index (χ2v) is 6.93. The number of nitrogens with zero attached hydrogens (tertiary/aromatic N) is 2. The number of rotatable bonds is 7. The molecule has 4 rings (SSSR count). The van der Waals surface area contributed by atoms with Gasteiger partial charge in [-0.1, -0.05) is 12.1 Å². The Hall–Kier alpha value is -3.94. The molecule has 3 aromatic rings. The second kappa shape index (κ2) is 8.83. The van der Waals surface area contributed by atoms with Crippen LogP contribution in [-0.2, 0) is 4.79 Å². The summed E-state index contributed by atoms with van der Waals surface area (Å²) in [7, 11) is 1.55. The molecule has 0 fully saturated rings. The van der Waals surface area contributed by atoms with Gasteiger partial charge in [-0.25, -0.2) is 5.43 Å². The third-order valence-corrected chi connectivity index (χ3v) is 4.91. The minimum absolute atomic E-state index is 0.173. The van der Waals surface area contributed by atoms with Gasteiger partial charge in [0.2, 0.25) is 6.79 Å². The first-order valence-electron chi connectivity index (χ1n) is 9.73. The van der Waals surface area contributed by atoms with E-state index in [0.717, 1.165) is 34.1 Å². The van der Waals surface area contributed by atoms with E-state index in [1.165, 1.54) is 0 Å². The van der Waals surface area contributed by atoms with Crippen LogP contribution in [-0.4, -0.2) is 37.2 Å². The van der Waals surface area contributed by atoms with E-state index in [4.69, 9.17) is 18.9 Å². The van der Waals surface area contributed by atoms with Crippen LogP contribution in [0, 0.1) is 13.8 Å². The van der Waals surface area contributed by atoms with E-state index in [9.17, 15) is 4.79 Å². The molecule has 8 nitrogen and oxygen atoms in total. The normalized spacial score (nSPS) is 12.2. The fourth-order valence-corrected chi connectivity index (χ4v) is 3.43. The molecule has 2 aromatic carbocycles. The van der Waals surface area contributed by atoms with E-state index in [1.807, 2.05) is 50.2 Å². The Balaban J connectivity index is 1.40. The van der Waals surface area contributed by atoms with Gasteiger partial charge >= 0.3 is 0 Å². The van der Waals surface area contributed by atoms with Gasteiger partial charge in [-0.2, -0.15) is 5.10 Å². The standard InChI is InChI=1S/C23H23N3O5/c1-15-10-17(16(2)26(15)18-8-9-21-22(11-18)31-14-30-21)12-24-25-23(27)13-29-20-7-5-4-6-19(20)28-3/h4-12H,13-14H2,1-3H3,(H,25,27)/b24-12-. The van der Waals surface area contributed by atoms with E-state index in [0.29, 0.717) is 11.5 Å². The number of amides is 1. The number of ether oxygens (including phenoxy) is 4. The highest BCUT2D eigenvalue weighted by atomic mass is 16.7. The molecule has 1 aliphatic heterocycles. The number of hydrogen-bond donors (Lipinski definition) is 1. The first-order chi connectivity index (χ1) is 15.1. The second-order valence-electron chi connectivity index (χ2n) is 6.93. The molecule has 0 atom stereocenters. The van der Waals surface area contributed by atoms with Crippen LogP contribution in [0.5, 0.6) is 23.0 Å². The number of nitrogens with one attached hydrogen (secondary N) is 1. The maximum Gasteiger partial charge on any atom is 0.277 e. The molecule has 0 spiro atoms. The van der Waals surface area contributed by atoms with Crippen molar-refractivity contribution in [3.63, 3.8) is 0 Å². The number of carbonyl (C=O) groups excluding carboxylic acids is 1. The summed E-state index contributed by atoms with van der Waals surface area (Å²) in [5.41, 5.74) is 6.36. The van der Waals surface area contributed by atoms with Crippen molar-refractivity contribution in [2.24, 2.45) is 5.10 Å². The zero-order valence-corrected chi connectivity index (χ0v) is 17.5. The first-order valence-corrected chi connectivity index (χ1v) is 9.73. The monoisotopic (exact) mass is 421 g/mol. The number of methoxy groups -OCH3 is 1. The Morgan fingerprint density at radius 3 is 2.71 bits per heavy atom. The molecular weight excluding hydrogens is 398 g/mol. The minimum atomic E-state index is -0.369. The quantitative estimate of drug-likeness (QED) is 0.467. The Morgan fingerprint density at radius 2 is 1.90 bits per heavy atom. The molecule has 31 heavy (non-hydrogen) atoms. The molecule has 0 saturated heterocycles. The molecule has 1 aliphatic rings. The zero-order valence-electron chi connectivity index (χ0n) is 17.5. The largest absolute Gasteiger partial charge is 0.493 e. The van der Waals surface area contributed by atoms with E-state index in [1.54, 1.807) is 25.5 Å². The molecule has 0 radical (unpaired) electrons. The summed E-state index contributed by atoms with van der Waals surface area (Å²) in [6, 6.07) is 15.0. The molecule has 0 saturated carbocycles. The van der Waals surface area contributed by atoms with Crippen molar-refractivity contribution >= 4 is 12.1 Å². The van der Waals surface area contributed by atoms with Crippen LogP contribution in [0.25, 0.3) is 5.69 Å². The van der Waals surface area contributed by atoms with Gasteiger partial charge in [0.25, 0.3) is 5.91 Å². The van der Waals surface area contributed by atoms with Crippen LogP contribution >= 0.6 is 0 Å². The average Bonchev–Trinajstić information content (AvgIpc) is 3.35. The fraction of sp³-hybridized carbons (Fsp3) is 0.217. The number of hydrogen-bond acceptors (Lipinski definition) is 6. The highest BCUT2D eigenvalue weighted by molar-refractivity contribution is 5.84. The van der Waals surface area contributed by atoms with Crippen LogP contribution in [0.4, 0.5) is 0 Å². The smallest absolute Gasteiger partial charge is 0.277 e. The van der Waals surface area contributed by atoms with Gasteiger partial charge in [-0.3, -0.25) is 4.79 Å². The zero-order chi connectivity index (χ0) is 21.8. The molecule has 8 heteroatoms. The van der Waals surface area contributed by atoms with Gasteiger partial charge in [0, 0.05) is 28.7 Å². The summed E-state index contributed by atoms with van der Waals surface area (Å²) in [5.74, 6) is 2.16. The Labute approximate surface area is 180 Å². The van der Waals surface area contributed by atoms with Crippen molar-refractivity contribution in [1.82, 2.24) is 9.99 Å². The summed E-state index contributed by atoms with van der Waals surface area (Å²) in [6.07, 6.45) is 1.62. The number of aryl methyl sites for hydroxylation is 1. The topological polar surface area (TPSA) is 83.3 Å². The molecule has 0 unspecified atom stereocenters. The van der Waals surface area contributed by atoms with Crippen LogP contribution < -0.4 is 24.4 Å². The van der Waals surface area contributed by atoms with Crippen molar-refractivity contribution in [2.75, 3.05) is 20.5 Å². The maximum absolute atomic E-state index is 12.1. The fourth-order valence-electron chi connectivity index (χ4n) is 3.43. The third kappa shape index (κ3) is 4.32. The van der Waals surface area contributed by atoms with Crippen LogP contribution in [0.15, 0.2) is 53.6 Å². The van der Waals surface area contributed by atoms with Gasteiger partial charge in [0.15, 0.2) is 29.6 Å². The van der Waals surface area contributed by atoms with E-state index < -0.39 is 0 Å². The van der Waals surface area contributed by atoms with E-state index in [2.05, 4.69) is 15.1 Å². The predicted molar refractivity (Wildman–Crippen MR) is 116 cm³/mol. The number of aromatic nitrogens is 1. The van der Waals surface area contributed by atoms with Gasteiger partial charge < -0.3 is 23.5 Å². The molecule has 1 N–H and O–H groups in total. The number of carbonyl (C=O) groups is 1. The van der Waals surface area contributed by atoms with E-state index in [-0.39, 0.29) is 19.3 Å². The van der Waals surface area contributed by atoms with Crippen LogP contribution in [0.1, 0.15) is 17.0 Å². The van der Waals surface area contributed by atoms with Crippen LogP contribution in [0.2, 0.25) is 0 Å². The van der Waals surface area contributed by atoms with Crippen molar-refractivity contribution in [1.29, 1.82) is 0 Å². The van der Waals surface area contributed by atoms with Gasteiger partial charge in [0.05, 0.1) is 13.3 Å². The molecular formula is C23H23N3O5. The molecule has 2 heterocycles. The van der Waals surface area contributed by atoms with Crippen LogP contribution in [0.3, 0.4) is 0 Å². The lowest BCUT2D eigenvalue weighted by Gasteiger charge is -2.10. The molecule has 160 valence electrons. The number of para-hydroxylation sites is 2. The summed E-state index contributed by atoms with van der Waals surface area (Å²) in [4.78, 5) is 12.1. The maximum atomic E-state index is 12.1. The van der Waals surface area contributed by atoms with Crippen molar-refractivity contribution in [3.05, 3.63) is 65.5 Å². The number of benzene rings is 2. The average molecular weight is 421 g/mol. The van der Waals surface area contributed by atoms with Gasteiger partial charge in [-0.05, 0) is 44.2 Å². The summed E-state index contributed by atoms with van der Waals surface area (Å²) in [6.45, 7) is 4.06. The van der Waals surface area contributed by atoms with Crippen molar-refractivity contribution < 1.29 is 23.7 Å². The number of hydrazone groups is 1. The minimum Gasteiger partial charge on any atom is -0.493 e. The molecule has 0 bridgehead atoms. The number of fused-ring (bicyclic) bond motifs is 1. The predicted octanol–water partition coefficient (Wildman–Crippen LogP) is 3.36. The molecule has 0 aliphatic carbocycles. The lowest BCUT2D eigenvalue weighted by atomic mass is 10.2.